The van der Waals surface area contributed by atoms with Crippen LogP contribution in [0.3, 0.4) is 0 Å². The van der Waals surface area contributed by atoms with E-state index in [0.717, 1.165) is 16.8 Å². The molecule has 0 aromatic heterocycles. The van der Waals surface area contributed by atoms with E-state index < -0.39 is 12.0 Å². The number of benzene rings is 1. The summed E-state index contributed by atoms with van der Waals surface area (Å²) in [4.78, 5) is 25.5. The SMILES string of the molecule is COCC(=O)N(c1c(C)cccc1C)[C@@H](C)C(=O)OC.S=C([S-])NCCNC(=S)[S-].S=C([S-])NCCNC(=S)[S-].[Mn+2].[Zn+2]. The standard InChI is InChI=1S/C15H21NO4.2C4H8N2S4.Mn.Zn/c1-10-7-6-8-11(2)14(10)16(13(17)9-19-4)12(3)15(18)20-5;2*7-3(8)5-1-2-6-4(9)10;;/h6-8,12H,9H2,1-5H3;2*1-2H2,(H2,5,7,8)(H2,6,9,10);;/q;;;2*+2/p-4/t12-;;;;/m0..../s1. The molecule has 1 atom stereocenters. The van der Waals surface area contributed by atoms with Gasteiger partial charge in [-0.2, -0.15) is 0 Å². The second-order valence-corrected chi connectivity index (χ2v) is 11.8. The number of anilines is 1. The van der Waals surface area contributed by atoms with Gasteiger partial charge in [0.2, 0.25) is 0 Å². The number of nitrogens with zero attached hydrogens (tertiary/aromatic N) is 1. The number of hydrogen-bond acceptors (Lipinski definition) is 12. The van der Waals surface area contributed by atoms with Gasteiger partial charge in [0.15, 0.2) is 0 Å². The predicted molar refractivity (Wildman–Crippen MR) is 189 cm³/mol. The van der Waals surface area contributed by atoms with Crippen LogP contribution in [0.4, 0.5) is 5.69 Å². The van der Waals surface area contributed by atoms with Crippen molar-refractivity contribution in [1.29, 1.82) is 0 Å². The predicted octanol–water partition coefficient (Wildman–Crippen LogP) is 1.50. The van der Waals surface area contributed by atoms with Gasteiger partial charge in [0.1, 0.15) is 12.6 Å². The Kier molecular flexibility index (Phi) is 34.0. The van der Waals surface area contributed by atoms with Gasteiger partial charge in [-0.3, -0.25) is 9.69 Å². The monoisotopic (exact) mass is 818 g/mol. The van der Waals surface area contributed by atoms with Crippen molar-refractivity contribution in [2.45, 2.75) is 26.8 Å². The van der Waals surface area contributed by atoms with Crippen LogP contribution in [0.25, 0.3) is 0 Å². The third kappa shape index (κ3) is 25.1. The summed E-state index contributed by atoms with van der Waals surface area (Å²) in [6.45, 7) is 8.02. The molecule has 1 radical (unpaired) electrons. The molecule has 1 aromatic carbocycles. The fourth-order valence-corrected chi connectivity index (χ4v) is 3.66. The van der Waals surface area contributed by atoms with Crippen LogP contribution in [0.2, 0.25) is 0 Å². The van der Waals surface area contributed by atoms with Crippen LogP contribution in [0.5, 0.6) is 0 Å². The minimum Gasteiger partial charge on any atom is -0.467 e. The summed E-state index contributed by atoms with van der Waals surface area (Å²) in [6.07, 6.45) is 0. The minimum atomic E-state index is -0.706. The van der Waals surface area contributed by atoms with Gasteiger partial charge >= 0.3 is 42.5 Å². The van der Waals surface area contributed by atoms with E-state index in [-0.39, 0.29) is 49.1 Å². The smallest absolute Gasteiger partial charge is 0.467 e. The van der Waals surface area contributed by atoms with Crippen molar-refractivity contribution in [2.24, 2.45) is 0 Å². The Morgan fingerprint density at radius 3 is 1.40 bits per heavy atom. The third-order valence-electron chi connectivity index (χ3n) is 4.47. The summed E-state index contributed by atoms with van der Waals surface area (Å²) in [5.41, 5.74) is 2.57. The first-order valence-corrected chi connectivity index (χ1v) is 14.7. The van der Waals surface area contributed by atoms with Crippen molar-refractivity contribution < 1.29 is 55.6 Å². The van der Waals surface area contributed by atoms with E-state index in [1.165, 1.54) is 19.1 Å². The molecule has 0 saturated heterocycles. The van der Waals surface area contributed by atoms with Gasteiger partial charge in [0.05, 0.1) is 12.8 Å². The fraction of sp³-hybridized carbons (Fsp3) is 0.478. The number of rotatable bonds is 11. The zero-order valence-corrected chi connectivity index (χ0v) is 34.5. The van der Waals surface area contributed by atoms with Crippen molar-refractivity contribution in [3.8, 4) is 0 Å². The second-order valence-electron chi connectivity index (χ2n) is 7.49. The van der Waals surface area contributed by atoms with Gasteiger partial charge in [-0.25, -0.2) is 4.79 Å². The first kappa shape index (κ1) is 48.6. The number of ether oxygens (including phenoxy) is 2. The van der Waals surface area contributed by atoms with E-state index in [4.69, 9.17) is 9.47 Å². The average molecular weight is 820 g/mol. The molecule has 1 aromatic rings. The number of esters is 1. The zero-order valence-electron chi connectivity index (χ0n) is 23.8. The van der Waals surface area contributed by atoms with Gasteiger partial charge in [-0.15, -0.1) is 0 Å². The number of nitrogens with one attached hydrogen (secondary N) is 4. The normalized spacial score (nSPS) is 9.64. The van der Waals surface area contributed by atoms with E-state index in [1.807, 2.05) is 32.0 Å². The molecular weight excluding hydrogens is 787 g/mol. The number of amides is 1. The summed E-state index contributed by atoms with van der Waals surface area (Å²) in [6, 6.07) is 5.01. The maximum Gasteiger partial charge on any atom is 2.00 e. The summed E-state index contributed by atoms with van der Waals surface area (Å²) < 4.78 is 11.1. The van der Waals surface area contributed by atoms with E-state index in [0.29, 0.717) is 43.5 Å². The van der Waals surface area contributed by atoms with Crippen molar-refractivity contribution in [2.75, 3.05) is 51.9 Å². The molecule has 0 heterocycles. The summed E-state index contributed by atoms with van der Waals surface area (Å²) in [5, 5.41) is 11.1. The Labute approximate surface area is 316 Å². The first-order chi connectivity index (χ1) is 18.7. The topological polar surface area (TPSA) is 104 Å². The molecule has 19 heteroatoms. The molecular formula is C23H33MnN5O4S8Zn. The van der Waals surface area contributed by atoms with E-state index in [9.17, 15) is 9.59 Å². The number of hydrogen-bond donors (Lipinski definition) is 4. The number of carbonyl (C=O) groups excluding carboxylic acids is 2. The van der Waals surface area contributed by atoms with E-state index >= 15 is 0 Å². The van der Waals surface area contributed by atoms with E-state index in [1.54, 1.807) is 6.92 Å². The van der Waals surface area contributed by atoms with Crippen LogP contribution in [-0.2, 0) is 106 Å². The maximum absolute atomic E-state index is 12.3. The molecule has 9 nitrogen and oxygen atoms in total. The van der Waals surface area contributed by atoms with Crippen LogP contribution >= 0.6 is 48.9 Å². The Hall–Kier alpha value is -0.297. The van der Waals surface area contributed by atoms with Crippen LogP contribution in [0.1, 0.15) is 18.1 Å². The zero-order chi connectivity index (χ0) is 31.3. The molecule has 0 saturated carbocycles. The molecule has 1 rings (SSSR count). The molecule has 0 aliphatic heterocycles. The molecule has 42 heavy (non-hydrogen) atoms. The van der Waals surface area contributed by atoms with Crippen molar-refractivity contribution in [1.82, 2.24) is 21.3 Å². The number of thiocarbonyl (C=S) groups is 4. The Balaban J connectivity index is -0.000000280. The fourth-order valence-electron chi connectivity index (χ4n) is 2.85. The van der Waals surface area contributed by atoms with Gasteiger partial charge in [0.25, 0.3) is 5.91 Å². The minimum absolute atomic E-state index is 0. The maximum atomic E-state index is 12.3. The quantitative estimate of drug-likeness (QED) is 0.0853. The Morgan fingerprint density at radius 2 is 1.14 bits per heavy atom. The van der Waals surface area contributed by atoms with Crippen molar-refractivity contribution >= 4 is 134 Å². The van der Waals surface area contributed by atoms with Gasteiger partial charge in [-0.05, 0) is 31.9 Å². The van der Waals surface area contributed by atoms with Crippen LogP contribution in [0, 0.1) is 13.8 Å². The molecule has 0 aliphatic rings. The second kappa shape index (κ2) is 29.4. The van der Waals surface area contributed by atoms with Gasteiger partial charge in [-0.1, -0.05) is 35.5 Å². The molecule has 1 amide bonds. The van der Waals surface area contributed by atoms with Crippen LogP contribution in [0.15, 0.2) is 18.2 Å². The van der Waals surface area contributed by atoms with Gasteiger partial charge in [0, 0.05) is 33.3 Å². The summed E-state index contributed by atoms with van der Waals surface area (Å²) in [5.74, 6) is -0.736. The van der Waals surface area contributed by atoms with Gasteiger partial charge < -0.3 is 130 Å². The number of para-hydroxylation sites is 1. The molecule has 4 N–H and O–H groups in total. The summed E-state index contributed by atoms with van der Waals surface area (Å²) in [7, 11) is 2.76. The molecule has 231 valence electrons. The largest absolute Gasteiger partial charge is 2.00 e. The van der Waals surface area contributed by atoms with Crippen LogP contribution < -0.4 is 26.2 Å². The Bertz CT molecular complexity index is 929. The molecule has 0 aliphatic carbocycles. The number of carbonyl (C=O) groups is 2. The third-order valence-corrected chi connectivity index (χ3v) is 5.63. The molecule has 0 spiro atoms. The number of methoxy groups -OCH3 is 2. The van der Waals surface area contributed by atoms with Crippen LogP contribution in [-0.4, -0.2) is 82.2 Å². The average Bonchev–Trinajstić information content (AvgIpc) is 2.86. The van der Waals surface area contributed by atoms with E-state index in [2.05, 4.69) is 121 Å². The first-order valence-electron chi connectivity index (χ1n) is 11.4. The molecule has 0 bridgehead atoms. The summed E-state index contributed by atoms with van der Waals surface area (Å²) >= 11 is 36.7. The number of aryl methyl sites for hydroxylation is 2. The molecule has 0 fully saturated rings. The van der Waals surface area contributed by atoms with Crippen molar-refractivity contribution in [3.63, 3.8) is 0 Å². The van der Waals surface area contributed by atoms with Crippen molar-refractivity contribution in [3.05, 3.63) is 29.3 Å². The Morgan fingerprint density at radius 1 is 0.810 bits per heavy atom. The molecule has 0 unspecified atom stereocenters.